The van der Waals surface area contributed by atoms with Gasteiger partial charge in [-0.25, -0.2) is 0 Å². The number of amides is 2. The van der Waals surface area contributed by atoms with Crippen molar-refractivity contribution in [2.75, 3.05) is 65.6 Å². The lowest BCUT2D eigenvalue weighted by Crippen LogP contribution is -2.54. The summed E-state index contributed by atoms with van der Waals surface area (Å²) in [5.41, 5.74) is -0.191. The third kappa shape index (κ3) is 6.45. The summed E-state index contributed by atoms with van der Waals surface area (Å²) in [5.74, 6) is 0.252. The molecule has 2 aliphatic rings. The molecule has 2 aliphatic heterocycles. The first kappa shape index (κ1) is 18.2. The van der Waals surface area contributed by atoms with Crippen molar-refractivity contribution < 1.29 is 14.3 Å². The summed E-state index contributed by atoms with van der Waals surface area (Å²) in [6, 6.07) is 0. The number of ether oxygens (including phenoxy) is 1. The first-order valence-electron chi connectivity index (χ1n) is 8.45. The van der Waals surface area contributed by atoms with Crippen LogP contribution in [0, 0.1) is 0 Å². The Kier molecular flexibility index (Phi) is 6.38. The smallest absolute Gasteiger partial charge is 0.236 e. The highest BCUT2D eigenvalue weighted by Gasteiger charge is 2.24. The van der Waals surface area contributed by atoms with Crippen LogP contribution >= 0.6 is 0 Å². The molecule has 2 heterocycles. The lowest BCUT2D eigenvalue weighted by atomic mass is 10.1. The lowest BCUT2D eigenvalue weighted by Gasteiger charge is -2.36. The monoisotopic (exact) mass is 326 g/mol. The minimum Gasteiger partial charge on any atom is -0.378 e. The Morgan fingerprint density at radius 1 is 0.913 bits per heavy atom. The molecule has 0 atom stereocenters. The van der Waals surface area contributed by atoms with Gasteiger partial charge in [-0.1, -0.05) is 0 Å². The number of carbonyl (C=O) groups is 2. The maximum atomic E-state index is 12.2. The van der Waals surface area contributed by atoms with Gasteiger partial charge in [0.2, 0.25) is 11.8 Å². The third-order valence-corrected chi connectivity index (χ3v) is 4.07. The Hall–Kier alpha value is -1.18. The van der Waals surface area contributed by atoms with E-state index in [1.165, 1.54) is 0 Å². The predicted molar refractivity (Wildman–Crippen MR) is 88.2 cm³/mol. The zero-order chi connectivity index (χ0) is 16.9. The molecule has 2 fully saturated rings. The molecule has 7 nitrogen and oxygen atoms in total. The molecular formula is C16H30N4O3. The summed E-state index contributed by atoms with van der Waals surface area (Å²) < 4.78 is 5.27. The fourth-order valence-corrected chi connectivity index (χ4v) is 2.87. The average molecular weight is 326 g/mol. The molecule has 132 valence electrons. The minimum absolute atomic E-state index is 0.0651. The van der Waals surface area contributed by atoms with E-state index in [0.29, 0.717) is 39.4 Å². The summed E-state index contributed by atoms with van der Waals surface area (Å²) in [7, 11) is 0. The number of morpholine rings is 1. The first-order valence-corrected chi connectivity index (χ1v) is 8.45. The summed E-state index contributed by atoms with van der Waals surface area (Å²) in [5, 5.41) is 2.99. The molecule has 0 saturated carbocycles. The number of nitrogens with one attached hydrogen (secondary N) is 1. The molecule has 0 bridgehead atoms. The standard InChI is InChI=1S/C16H30N4O3/c1-16(2,3)17-14(21)12-18-4-6-19(7-5-18)13-15(22)20-8-10-23-11-9-20/h4-13H2,1-3H3,(H,17,21). The molecule has 0 aromatic rings. The second kappa shape index (κ2) is 8.08. The van der Waals surface area contributed by atoms with Crippen LogP contribution in [0.2, 0.25) is 0 Å². The molecule has 2 rings (SSSR count). The van der Waals surface area contributed by atoms with Crippen molar-refractivity contribution in [2.45, 2.75) is 26.3 Å². The molecule has 1 N–H and O–H groups in total. The van der Waals surface area contributed by atoms with Gasteiger partial charge in [0.25, 0.3) is 0 Å². The number of rotatable bonds is 4. The number of piperazine rings is 1. The maximum Gasteiger partial charge on any atom is 0.236 e. The number of carbonyl (C=O) groups excluding carboxylic acids is 2. The van der Waals surface area contributed by atoms with E-state index in [-0.39, 0.29) is 17.4 Å². The highest BCUT2D eigenvalue weighted by Crippen LogP contribution is 2.05. The Balaban J connectivity index is 1.67. The Morgan fingerprint density at radius 3 is 1.96 bits per heavy atom. The van der Waals surface area contributed by atoms with Crippen LogP contribution in [0.15, 0.2) is 0 Å². The van der Waals surface area contributed by atoms with Gasteiger partial charge < -0.3 is 15.0 Å². The fraction of sp³-hybridized carbons (Fsp3) is 0.875. The van der Waals surface area contributed by atoms with Gasteiger partial charge in [0.1, 0.15) is 0 Å². The SMILES string of the molecule is CC(C)(C)NC(=O)CN1CCN(CC(=O)N2CCOCC2)CC1. The van der Waals surface area contributed by atoms with E-state index in [0.717, 1.165) is 26.2 Å². The van der Waals surface area contributed by atoms with Gasteiger partial charge >= 0.3 is 0 Å². The molecule has 0 aromatic heterocycles. The molecule has 0 spiro atoms. The first-order chi connectivity index (χ1) is 10.8. The Morgan fingerprint density at radius 2 is 1.43 bits per heavy atom. The van der Waals surface area contributed by atoms with E-state index in [2.05, 4.69) is 15.1 Å². The van der Waals surface area contributed by atoms with Crippen LogP contribution in [0.4, 0.5) is 0 Å². The highest BCUT2D eigenvalue weighted by atomic mass is 16.5. The zero-order valence-electron chi connectivity index (χ0n) is 14.6. The van der Waals surface area contributed by atoms with Crippen LogP contribution in [0.3, 0.4) is 0 Å². The van der Waals surface area contributed by atoms with Gasteiger partial charge in [0, 0.05) is 44.8 Å². The quantitative estimate of drug-likeness (QED) is 0.746. The summed E-state index contributed by atoms with van der Waals surface area (Å²) in [6.07, 6.45) is 0. The average Bonchev–Trinajstić information content (AvgIpc) is 2.48. The Bertz CT molecular complexity index is 408. The van der Waals surface area contributed by atoms with E-state index in [9.17, 15) is 9.59 Å². The summed E-state index contributed by atoms with van der Waals surface area (Å²) >= 11 is 0. The molecule has 23 heavy (non-hydrogen) atoms. The second-order valence-corrected chi connectivity index (χ2v) is 7.34. The largest absolute Gasteiger partial charge is 0.378 e. The lowest BCUT2D eigenvalue weighted by molar-refractivity contribution is -0.137. The minimum atomic E-state index is -0.191. The van der Waals surface area contributed by atoms with Crippen molar-refractivity contribution in [2.24, 2.45) is 0 Å². The highest BCUT2D eigenvalue weighted by molar-refractivity contribution is 5.79. The van der Waals surface area contributed by atoms with Crippen molar-refractivity contribution in [1.29, 1.82) is 0 Å². The Labute approximate surface area is 138 Å². The molecule has 7 heteroatoms. The molecule has 2 amide bonds. The fourth-order valence-electron chi connectivity index (χ4n) is 2.87. The van der Waals surface area contributed by atoms with Crippen LogP contribution in [0.1, 0.15) is 20.8 Å². The van der Waals surface area contributed by atoms with E-state index < -0.39 is 0 Å². The van der Waals surface area contributed by atoms with Crippen LogP contribution in [0.5, 0.6) is 0 Å². The van der Waals surface area contributed by atoms with Crippen LogP contribution < -0.4 is 5.32 Å². The van der Waals surface area contributed by atoms with E-state index in [1.807, 2.05) is 25.7 Å². The topological polar surface area (TPSA) is 65.1 Å². The number of hydrogen-bond acceptors (Lipinski definition) is 5. The molecular weight excluding hydrogens is 296 g/mol. The van der Waals surface area contributed by atoms with Crippen LogP contribution in [-0.2, 0) is 14.3 Å². The third-order valence-electron chi connectivity index (χ3n) is 4.07. The van der Waals surface area contributed by atoms with Gasteiger partial charge in [-0.2, -0.15) is 0 Å². The molecule has 0 aromatic carbocycles. The van der Waals surface area contributed by atoms with Crippen molar-refractivity contribution >= 4 is 11.8 Å². The van der Waals surface area contributed by atoms with Crippen molar-refractivity contribution in [3.05, 3.63) is 0 Å². The van der Waals surface area contributed by atoms with Gasteiger partial charge in [-0.15, -0.1) is 0 Å². The number of hydrogen-bond donors (Lipinski definition) is 1. The van der Waals surface area contributed by atoms with Gasteiger partial charge in [-0.3, -0.25) is 19.4 Å². The van der Waals surface area contributed by atoms with Gasteiger partial charge in [-0.05, 0) is 20.8 Å². The van der Waals surface area contributed by atoms with Gasteiger partial charge in [0.15, 0.2) is 0 Å². The van der Waals surface area contributed by atoms with Crippen LogP contribution in [0.25, 0.3) is 0 Å². The van der Waals surface area contributed by atoms with E-state index >= 15 is 0 Å². The zero-order valence-corrected chi connectivity index (χ0v) is 14.6. The van der Waals surface area contributed by atoms with E-state index in [4.69, 9.17) is 4.74 Å². The number of nitrogens with zero attached hydrogens (tertiary/aromatic N) is 3. The summed E-state index contributed by atoms with van der Waals surface area (Å²) in [6.45, 7) is 12.9. The molecule has 2 saturated heterocycles. The van der Waals surface area contributed by atoms with Crippen molar-refractivity contribution in [3.8, 4) is 0 Å². The van der Waals surface area contributed by atoms with Crippen molar-refractivity contribution in [3.63, 3.8) is 0 Å². The van der Waals surface area contributed by atoms with Crippen LogP contribution in [-0.4, -0.2) is 97.6 Å². The normalized spacial score (nSPS) is 21.3. The van der Waals surface area contributed by atoms with E-state index in [1.54, 1.807) is 0 Å². The maximum absolute atomic E-state index is 12.2. The second-order valence-electron chi connectivity index (χ2n) is 7.34. The molecule has 0 radical (unpaired) electrons. The predicted octanol–water partition coefficient (Wildman–Crippen LogP) is -0.622. The van der Waals surface area contributed by atoms with Gasteiger partial charge in [0.05, 0.1) is 26.3 Å². The molecule has 0 aliphatic carbocycles. The summed E-state index contributed by atoms with van der Waals surface area (Å²) in [4.78, 5) is 30.4. The molecule has 0 unspecified atom stereocenters. The van der Waals surface area contributed by atoms with Crippen molar-refractivity contribution in [1.82, 2.24) is 20.0 Å².